The summed E-state index contributed by atoms with van der Waals surface area (Å²) in [4.78, 5) is 0. The molecule has 0 aliphatic carbocycles. The molecule has 4 heteroatoms. The van der Waals surface area contributed by atoms with Crippen LogP contribution in [0.25, 0.3) is 76.9 Å². The Balaban J connectivity index is 1.59. The molecule has 0 aliphatic heterocycles. The van der Waals surface area contributed by atoms with E-state index in [0.717, 1.165) is 43.6 Å². The van der Waals surface area contributed by atoms with Crippen molar-refractivity contribution in [1.29, 1.82) is 0 Å². The second kappa shape index (κ2) is 8.01. The van der Waals surface area contributed by atoms with E-state index in [0.29, 0.717) is 16.8 Å². The first kappa shape index (κ1) is 17.6. The second-order valence-corrected chi connectivity index (χ2v) is 10.3. The highest BCUT2D eigenvalue weighted by atomic mass is 35.5. The van der Waals surface area contributed by atoms with Gasteiger partial charge in [0.05, 0.1) is 45.7 Å². The smallest absolute Gasteiger partial charge is 0.139 e. The number of halogens is 1. The Morgan fingerprint density at radius 3 is 1.57 bits per heavy atom. The third-order valence-corrected chi connectivity index (χ3v) is 7.93. The fraction of sp³-hybridized carbons (Fsp3) is 0. The first-order valence-electron chi connectivity index (χ1n) is 15.5. The Labute approximate surface area is 241 Å². The van der Waals surface area contributed by atoms with Gasteiger partial charge in [-0.1, -0.05) is 84.4 Å². The second-order valence-electron chi connectivity index (χ2n) is 9.89. The van der Waals surface area contributed by atoms with E-state index < -0.39 is 0 Å². The molecule has 3 aromatic heterocycles. The summed E-state index contributed by atoms with van der Waals surface area (Å²) in [6, 6.07) is 31.0. The predicted molar refractivity (Wildman–Crippen MR) is 167 cm³/mol. The summed E-state index contributed by atoms with van der Waals surface area (Å²) < 4.78 is 55.9. The number of benzene rings is 6. The zero-order chi connectivity index (χ0) is 30.7. The van der Waals surface area contributed by atoms with Crippen LogP contribution in [-0.4, -0.2) is 9.13 Å². The van der Waals surface area contributed by atoms with Gasteiger partial charge < -0.3 is 13.6 Å². The number of para-hydroxylation sites is 4. The summed E-state index contributed by atoms with van der Waals surface area (Å²) in [5, 5.41) is 4.33. The molecule has 9 rings (SSSR count). The minimum Gasteiger partial charge on any atom is -0.456 e. The minimum atomic E-state index is -0.313. The number of rotatable bonds is 2. The summed E-state index contributed by atoms with van der Waals surface area (Å²) >= 11 is 6.47. The van der Waals surface area contributed by atoms with E-state index >= 15 is 0 Å². The first-order valence-corrected chi connectivity index (χ1v) is 13.4. The summed E-state index contributed by atoms with van der Waals surface area (Å²) in [5.41, 5.74) is 4.20. The molecule has 0 saturated heterocycles. The van der Waals surface area contributed by atoms with E-state index in [9.17, 15) is 2.74 Å². The average Bonchev–Trinajstić information content (AvgIpc) is 3.73. The maximum atomic E-state index is 9.98. The lowest BCUT2D eigenvalue weighted by Gasteiger charge is -2.14. The lowest BCUT2D eigenvalue weighted by molar-refractivity contribution is 0.668. The van der Waals surface area contributed by atoms with E-state index in [4.69, 9.17) is 20.1 Å². The van der Waals surface area contributed by atoms with Crippen molar-refractivity contribution in [2.75, 3.05) is 0 Å². The molecule has 0 amide bonds. The van der Waals surface area contributed by atoms with Gasteiger partial charge in [-0.25, -0.2) is 0 Å². The SMILES string of the molecule is [2H]c1c(Cl)c([2H])c2c(oc3c([2H])c(-n4c5ccccc5c5ccccc54)c([2H])c(-n4c5ccccc5c5ccccc54)c32)c1[2H]. The largest absolute Gasteiger partial charge is 0.456 e. The number of fused-ring (bicyclic) bond motifs is 9. The van der Waals surface area contributed by atoms with Crippen molar-refractivity contribution in [2.24, 2.45) is 0 Å². The Bertz CT molecular complexity index is 2630. The van der Waals surface area contributed by atoms with Crippen LogP contribution in [0.1, 0.15) is 6.85 Å². The van der Waals surface area contributed by atoms with Crippen LogP contribution >= 0.6 is 11.6 Å². The third-order valence-electron chi connectivity index (χ3n) is 7.74. The van der Waals surface area contributed by atoms with Gasteiger partial charge in [-0.15, -0.1) is 0 Å². The standard InChI is InChI=1S/C36H21ClN2O/c37-22-17-18-34-28(19-22)36-33(39-31-15-7-3-11-26(31)27-12-4-8-16-32(27)39)20-23(21-35(36)40-34)38-29-13-5-1-9-24(29)25-10-2-6-14-30(25)38/h1-21H/i17D,18D,19D,20D,21D. The van der Waals surface area contributed by atoms with Gasteiger partial charge in [-0.3, -0.25) is 0 Å². The van der Waals surface area contributed by atoms with Gasteiger partial charge in [-0.05, 0) is 48.4 Å². The highest BCUT2D eigenvalue weighted by Gasteiger charge is 2.21. The van der Waals surface area contributed by atoms with Gasteiger partial charge in [0.1, 0.15) is 11.2 Å². The van der Waals surface area contributed by atoms with E-state index in [1.807, 2.05) is 106 Å². The van der Waals surface area contributed by atoms with Crippen LogP contribution in [0.3, 0.4) is 0 Å². The fourth-order valence-corrected chi connectivity index (χ4v) is 6.27. The van der Waals surface area contributed by atoms with Crippen molar-refractivity contribution in [3.63, 3.8) is 0 Å². The monoisotopic (exact) mass is 537 g/mol. The van der Waals surface area contributed by atoms with Crippen molar-refractivity contribution < 1.29 is 11.3 Å². The van der Waals surface area contributed by atoms with Crippen molar-refractivity contribution >= 4 is 77.2 Å². The normalized spacial score (nSPS) is 13.9. The van der Waals surface area contributed by atoms with Crippen LogP contribution in [0, 0.1) is 0 Å². The molecule has 0 aliphatic rings. The van der Waals surface area contributed by atoms with Crippen LogP contribution < -0.4 is 0 Å². The number of hydrogen-bond donors (Lipinski definition) is 0. The number of furan rings is 1. The van der Waals surface area contributed by atoms with Crippen LogP contribution in [-0.2, 0) is 0 Å². The number of aromatic nitrogens is 2. The summed E-state index contributed by atoms with van der Waals surface area (Å²) in [6.07, 6.45) is 0. The zero-order valence-electron chi connectivity index (χ0n) is 25.9. The van der Waals surface area contributed by atoms with E-state index in [1.165, 1.54) is 0 Å². The molecule has 188 valence electrons. The molecule has 0 spiro atoms. The lowest BCUT2D eigenvalue weighted by atomic mass is 10.1. The van der Waals surface area contributed by atoms with Gasteiger partial charge in [0.15, 0.2) is 0 Å². The highest BCUT2D eigenvalue weighted by Crippen LogP contribution is 2.42. The molecular formula is C36H21ClN2O. The maximum Gasteiger partial charge on any atom is 0.139 e. The topological polar surface area (TPSA) is 23.0 Å². The first-order chi connectivity index (χ1) is 21.9. The van der Waals surface area contributed by atoms with Gasteiger partial charge in [0, 0.05) is 38.0 Å². The molecular weight excluding hydrogens is 512 g/mol. The van der Waals surface area contributed by atoms with Crippen molar-refractivity contribution in [3.8, 4) is 11.4 Å². The van der Waals surface area contributed by atoms with Crippen LogP contribution in [0.15, 0.2) is 132 Å². The Morgan fingerprint density at radius 2 is 1.02 bits per heavy atom. The van der Waals surface area contributed by atoms with E-state index in [2.05, 4.69) is 0 Å². The van der Waals surface area contributed by atoms with Crippen molar-refractivity contribution in [3.05, 3.63) is 132 Å². The zero-order valence-corrected chi connectivity index (χ0v) is 21.7. The molecule has 0 saturated carbocycles. The molecule has 0 fully saturated rings. The van der Waals surface area contributed by atoms with Gasteiger partial charge >= 0.3 is 0 Å². The maximum absolute atomic E-state index is 9.98. The van der Waals surface area contributed by atoms with Gasteiger partial charge in [0.2, 0.25) is 0 Å². The van der Waals surface area contributed by atoms with Crippen LogP contribution in [0.5, 0.6) is 0 Å². The van der Waals surface area contributed by atoms with Crippen LogP contribution in [0.2, 0.25) is 5.02 Å². The molecule has 0 unspecified atom stereocenters. The summed E-state index contributed by atoms with van der Waals surface area (Å²) in [5.74, 6) is 0. The average molecular weight is 538 g/mol. The molecule has 9 aromatic rings. The Morgan fingerprint density at radius 1 is 0.525 bits per heavy atom. The Hall–Kier alpha value is -4.99. The van der Waals surface area contributed by atoms with Crippen molar-refractivity contribution in [1.82, 2.24) is 9.13 Å². The van der Waals surface area contributed by atoms with Gasteiger partial charge in [0.25, 0.3) is 0 Å². The third kappa shape index (κ3) is 2.90. The molecule has 0 bridgehead atoms. The quantitative estimate of drug-likeness (QED) is 0.215. The van der Waals surface area contributed by atoms with E-state index in [-0.39, 0.29) is 51.8 Å². The number of hydrogen-bond acceptors (Lipinski definition) is 1. The predicted octanol–water partition coefficient (Wildman–Crippen LogP) is 10.4. The number of nitrogens with zero attached hydrogens (tertiary/aromatic N) is 2. The molecule has 0 atom stereocenters. The molecule has 3 nitrogen and oxygen atoms in total. The highest BCUT2D eigenvalue weighted by molar-refractivity contribution is 6.32. The molecule has 6 aromatic carbocycles. The summed E-state index contributed by atoms with van der Waals surface area (Å²) in [7, 11) is 0. The minimum absolute atomic E-state index is 0.00121. The summed E-state index contributed by atoms with van der Waals surface area (Å²) in [6.45, 7) is 0. The van der Waals surface area contributed by atoms with Crippen molar-refractivity contribution in [2.45, 2.75) is 0 Å². The molecule has 40 heavy (non-hydrogen) atoms. The Kier molecular flexibility index (Phi) is 3.52. The van der Waals surface area contributed by atoms with Crippen LogP contribution in [0.4, 0.5) is 0 Å². The molecule has 3 heterocycles. The van der Waals surface area contributed by atoms with Gasteiger partial charge in [-0.2, -0.15) is 0 Å². The fourth-order valence-electron chi connectivity index (χ4n) is 6.12. The van der Waals surface area contributed by atoms with E-state index in [1.54, 1.807) is 0 Å². The molecule has 0 N–H and O–H groups in total. The molecule has 0 radical (unpaired) electrons. The lowest BCUT2D eigenvalue weighted by Crippen LogP contribution is -1.99.